The number of hydrogen-bond acceptors (Lipinski definition) is 2. The Bertz CT molecular complexity index is 272. The molecule has 5 nitrogen and oxygen atoms in total. The van der Waals surface area contributed by atoms with Gasteiger partial charge in [0.2, 0.25) is 0 Å². The van der Waals surface area contributed by atoms with Crippen molar-refractivity contribution in [2.75, 3.05) is 0 Å². The SMILES string of the molecule is CC(CC(=O)O)NC(=O)NC1(C)CCCC1. The lowest BCUT2D eigenvalue weighted by Crippen LogP contribution is -2.50. The first-order chi connectivity index (χ1) is 7.41. The summed E-state index contributed by atoms with van der Waals surface area (Å²) in [5, 5.41) is 14.1. The van der Waals surface area contributed by atoms with E-state index in [4.69, 9.17) is 5.11 Å². The lowest BCUT2D eigenvalue weighted by molar-refractivity contribution is -0.137. The molecule has 1 saturated carbocycles. The number of amides is 2. The van der Waals surface area contributed by atoms with Crippen LogP contribution >= 0.6 is 0 Å². The molecule has 0 aliphatic heterocycles. The van der Waals surface area contributed by atoms with Crippen molar-refractivity contribution < 1.29 is 14.7 Å². The van der Waals surface area contributed by atoms with E-state index >= 15 is 0 Å². The van der Waals surface area contributed by atoms with Gasteiger partial charge in [-0.3, -0.25) is 4.79 Å². The van der Waals surface area contributed by atoms with E-state index in [9.17, 15) is 9.59 Å². The fraction of sp³-hybridized carbons (Fsp3) is 0.818. The Labute approximate surface area is 95.6 Å². The number of carbonyl (C=O) groups excluding carboxylic acids is 1. The number of hydrogen-bond donors (Lipinski definition) is 3. The standard InChI is InChI=1S/C11H20N2O3/c1-8(7-9(14)15)12-10(16)13-11(2)5-3-4-6-11/h8H,3-7H2,1-2H3,(H,14,15)(H2,12,13,16). The Morgan fingerprint density at radius 2 is 1.94 bits per heavy atom. The summed E-state index contributed by atoms with van der Waals surface area (Å²) < 4.78 is 0. The summed E-state index contributed by atoms with van der Waals surface area (Å²) in [5.41, 5.74) is -0.118. The van der Waals surface area contributed by atoms with Crippen LogP contribution in [0.4, 0.5) is 4.79 Å². The van der Waals surface area contributed by atoms with Crippen molar-refractivity contribution in [3.63, 3.8) is 0 Å². The van der Waals surface area contributed by atoms with Crippen LogP contribution in [0.15, 0.2) is 0 Å². The highest BCUT2D eigenvalue weighted by Gasteiger charge is 2.30. The molecule has 16 heavy (non-hydrogen) atoms. The van der Waals surface area contributed by atoms with Gasteiger partial charge in [-0.05, 0) is 26.7 Å². The van der Waals surface area contributed by atoms with E-state index in [1.807, 2.05) is 6.92 Å². The molecule has 0 aromatic rings. The lowest BCUT2D eigenvalue weighted by atomic mass is 10.0. The van der Waals surface area contributed by atoms with Crippen LogP contribution in [0.25, 0.3) is 0 Å². The zero-order valence-corrected chi connectivity index (χ0v) is 9.88. The van der Waals surface area contributed by atoms with Crippen LogP contribution in [0.1, 0.15) is 46.0 Å². The molecule has 1 aliphatic carbocycles. The maximum Gasteiger partial charge on any atom is 0.315 e. The van der Waals surface area contributed by atoms with Crippen LogP contribution in [0.3, 0.4) is 0 Å². The van der Waals surface area contributed by atoms with Crippen molar-refractivity contribution >= 4 is 12.0 Å². The molecule has 0 aromatic carbocycles. The van der Waals surface area contributed by atoms with E-state index < -0.39 is 5.97 Å². The van der Waals surface area contributed by atoms with Gasteiger partial charge in [0.05, 0.1) is 6.42 Å². The number of carbonyl (C=O) groups is 2. The molecule has 0 spiro atoms. The highest BCUT2D eigenvalue weighted by Crippen LogP contribution is 2.28. The molecule has 0 aromatic heterocycles. The number of carboxylic acid groups (broad SMARTS) is 1. The smallest absolute Gasteiger partial charge is 0.315 e. The molecule has 3 N–H and O–H groups in total. The monoisotopic (exact) mass is 228 g/mol. The molecule has 0 bridgehead atoms. The highest BCUT2D eigenvalue weighted by molar-refractivity contribution is 5.76. The molecule has 0 saturated heterocycles. The topological polar surface area (TPSA) is 78.4 Å². The summed E-state index contributed by atoms with van der Waals surface area (Å²) in [7, 11) is 0. The van der Waals surface area contributed by atoms with Crippen molar-refractivity contribution in [3.05, 3.63) is 0 Å². The van der Waals surface area contributed by atoms with Gasteiger partial charge >= 0.3 is 12.0 Å². The van der Waals surface area contributed by atoms with Crippen molar-refractivity contribution in [1.82, 2.24) is 10.6 Å². The summed E-state index contributed by atoms with van der Waals surface area (Å²) in [4.78, 5) is 22.0. The van der Waals surface area contributed by atoms with Gasteiger partial charge in [0.1, 0.15) is 0 Å². The highest BCUT2D eigenvalue weighted by atomic mass is 16.4. The Kier molecular flexibility index (Phi) is 4.15. The quantitative estimate of drug-likeness (QED) is 0.682. The van der Waals surface area contributed by atoms with E-state index in [0.29, 0.717) is 0 Å². The minimum Gasteiger partial charge on any atom is -0.481 e. The Morgan fingerprint density at radius 3 is 2.44 bits per heavy atom. The lowest BCUT2D eigenvalue weighted by Gasteiger charge is -2.26. The fourth-order valence-electron chi connectivity index (χ4n) is 2.13. The minimum absolute atomic E-state index is 0.0515. The molecule has 1 rings (SSSR count). The van der Waals surface area contributed by atoms with Gasteiger partial charge in [-0.25, -0.2) is 4.79 Å². The van der Waals surface area contributed by atoms with E-state index in [-0.39, 0.29) is 24.0 Å². The maximum atomic E-state index is 11.6. The van der Waals surface area contributed by atoms with Gasteiger partial charge in [-0.1, -0.05) is 12.8 Å². The molecule has 2 amide bonds. The third kappa shape index (κ3) is 4.08. The molecule has 5 heteroatoms. The Hall–Kier alpha value is -1.26. The molecule has 92 valence electrons. The summed E-state index contributed by atoms with van der Waals surface area (Å²) >= 11 is 0. The van der Waals surface area contributed by atoms with Crippen LogP contribution in [0, 0.1) is 0 Å². The summed E-state index contributed by atoms with van der Waals surface area (Å²) in [6.07, 6.45) is 4.22. The van der Waals surface area contributed by atoms with Gasteiger partial charge in [0.15, 0.2) is 0 Å². The van der Waals surface area contributed by atoms with E-state index in [0.717, 1.165) is 25.7 Å². The van der Waals surface area contributed by atoms with E-state index in [2.05, 4.69) is 10.6 Å². The third-order valence-electron chi connectivity index (χ3n) is 2.98. The normalized spacial score (nSPS) is 20.1. The van der Waals surface area contributed by atoms with Gasteiger partial charge in [-0.15, -0.1) is 0 Å². The van der Waals surface area contributed by atoms with Crippen molar-refractivity contribution in [2.45, 2.75) is 57.5 Å². The van der Waals surface area contributed by atoms with Crippen LogP contribution in [0.5, 0.6) is 0 Å². The van der Waals surface area contributed by atoms with Gasteiger partial charge < -0.3 is 15.7 Å². The molecular weight excluding hydrogens is 208 g/mol. The fourth-order valence-corrected chi connectivity index (χ4v) is 2.13. The average molecular weight is 228 g/mol. The second-order valence-electron chi connectivity index (χ2n) is 4.87. The van der Waals surface area contributed by atoms with E-state index in [1.165, 1.54) is 0 Å². The number of urea groups is 1. The number of carboxylic acids is 1. The molecule has 0 heterocycles. The van der Waals surface area contributed by atoms with Crippen molar-refractivity contribution in [3.8, 4) is 0 Å². The maximum absolute atomic E-state index is 11.6. The molecule has 1 atom stereocenters. The van der Waals surface area contributed by atoms with Gasteiger partial charge in [0, 0.05) is 11.6 Å². The molecule has 1 fully saturated rings. The zero-order chi connectivity index (χ0) is 12.2. The minimum atomic E-state index is -0.903. The number of aliphatic carboxylic acids is 1. The predicted molar refractivity (Wildman–Crippen MR) is 60.3 cm³/mol. The largest absolute Gasteiger partial charge is 0.481 e. The Balaban J connectivity index is 2.32. The van der Waals surface area contributed by atoms with Gasteiger partial charge in [0.25, 0.3) is 0 Å². The number of nitrogens with one attached hydrogen (secondary N) is 2. The first kappa shape index (κ1) is 12.8. The first-order valence-corrected chi connectivity index (χ1v) is 5.72. The van der Waals surface area contributed by atoms with Crippen LogP contribution in [-0.4, -0.2) is 28.7 Å². The second-order valence-corrected chi connectivity index (χ2v) is 4.87. The average Bonchev–Trinajstić information content (AvgIpc) is 2.48. The van der Waals surface area contributed by atoms with E-state index in [1.54, 1.807) is 6.92 Å². The molecule has 1 unspecified atom stereocenters. The molecule has 0 radical (unpaired) electrons. The molecule has 1 aliphatic rings. The molecular formula is C11H20N2O3. The first-order valence-electron chi connectivity index (χ1n) is 5.72. The zero-order valence-electron chi connectivity index (χ0n) is 9.88. The van der Waals surface area contributed by atoms with Crippen LogP contribution < -0.4 is 10.6 Å². The van der Waals surface area contributed by atoms with Crippen molar-refractivity contribution in [1.29, 1.82) is 0 Å². The van der Waals surface area contributed by atoms with Crippen LogP contribution in [0.2, 0.25) is 0 Å². The Morgan fingerprint density at radius 1 is 1.38 bits per heavy atom. The summed E-state index contributed by atoms with van der Waals surface area (Å²) in [6, 6.07) is -0.611. The van der Waals surface area contributed by atoms with Gasteiger partial charge in [-0.2, -0.15) is 0 Å². The predicted octanol–water partition coefficient (Wildman–Crippen LogP) is 1.48. The second kappa shape index (κ2) is 5.18. The summed E-state index contributed by atoms with van der Waals surface area (Å²) in [6.45, 7) is 3.71. The third-order valence-corrected chi connectivity index (χ3v) is 2.98. The number of rotatable bonds is 4. The van der Waals surface area contributed by atoms with Crippen LogP contribution in [-0.2, 0) is 4.79 Å². The van der Waals surface area contributed by atoms with Crippen molar-refractivity contribution in [2.24, 2.45) is 0 Å². The summed E-state index contributed by atoms with van der Waals surface area (Å²) in [5.74, 6) is -0.903.